The Morgan fingerprint density at radius 2 is 1.56 bits per heavy atom. The average Bonchev–Trinajstić information content (AvgIpc) is 3.07. The number of rotatable bonds is 5. The van der Waals surface area contributed by atoms with Crippen LogP contribution in [0.4, 0.5) is 5.69 Å². The van der Waals surface area contributed by atoms with Gasteiger partial charge in [-0.2, -0.15) is 0 Å². The van der Waals surface area contributed by atoms with Crippen LogP contribution in [0, 0.1) is 0 Å². The number of hydrogen-bond donors (Lipinski definition) is 1. The van der Waals surface area contributed by atoms with Crippen molar-refractivity contribution in [2.75, 3.05) is 18.0 Å². The Bertz CT molecular complexity index is 627. The van der Waals surface area contributed by atoms with Crippen LogP contribution in [-0.2, 0) is 12.8 Å². The third-order valence-electron chi connectivity index (χ3n) is 5.69. The minimum Gasteiger partial charge on any atom is -0.368 e. The van der Waals surface area contributed by atoms with Gasteiger partial charge in [-0.15, -0.1) is 24.0 Å². The minimum atomic E-state index is 0. The van der Waals surface area contributed by atoms with E-state index in [2.05, 4.69) is 64.8 Å². The molecule has 2 nitrogen and oxygen atoms in total. The summed E-state index contributed by atoms with van der Waals surface area (Å²) in [5.41, 5.74) is 4.46. The van der Waals surface area contributed by atoms with E-state index in [0.29, 0.717) is 12.1 Å². The first-order valence-corrected chi connectivity index (χ1v) is 9.52. The van der Waals surface area contributed by atoms with Crippen LogP contribution in [0.2, 0.25) is 0 Å². The van der Waals surface area contributed by atoms with Gasteiger partial charge in [0.05, 0.1) is 0 Å². The summed E-state index contributed by atoms with van der Waals surface area (Å²) in [7, 11) is 0. The number of anilines is 1. The largest absolute Gasteiger partial charge is 0.368 e. The summed E-state index contributed by atoms with van der Waals surface area (Å²) in [6.07, 6.45) is 7.69. The first-order valence-electron chi connectivity index (χ1n) is 9.52. The second-order valence-corrected chi connectivity index (χ2v) is 7.30. The van der Waals surface area contributed by atoms with Gasteiger partial charge in [0.15, 0.2) is 0 Å². The lowest BCUT2D eigenvalue weighted by Gasteiger charge is -2.33. The summed E-state index contributed by atoms with van der Waals surface area (Å²) in [6.45, 7) is 2.35. The number of benzene rings is 2. The Morgan fingerprint density at radius 3 is 2.20 bits per heavy atom. The minimum absolute atomic E-state index is 0. The highest BCUT2D eigenvalue weighted by molar-refractivity contribution is 14.0. The molecule has 1 N–H and O–H groups in total. The summed E-state index contributed by atoms with van der Waals surface area (Å²) in [6, 6.07) is 21.3. The Hall–Kier alpha value is -1.07. The van der Waals surface area contributed by atoms with Gasteiger partial charge in [0.2, 0.25) is 0 Å². The maximum Gasteiger partial charge on any atom is 0.0370 e. The molecule has 1 atom stereocenters. The highest BCUT2D eigenvalue weighted by Crippen LogP contribution is 2.29. The molecule has 2 aromatic carbocycles. The van der Waals surface area contributed by atoms with Gasteiger partial charge in [-0.3, -0.25) is 0 Å². The summed E-state index contributed by atoms with van der Waals surface area (Å²) in [5, 5.41) is 3.71. The Morgan fingerprint density at radius 1 is 0.880 bits per heavy atom. The molecular formula is C22H29IN2. The molecule has 1 unspecified atom stereocenters. The lowest BCUT2D eigenvalue weighted by molar-refractivity contribution is 0.379. The number of halogens is 1. The smallest absolute Gasteiger partial charge is 0.0370 e. The molecule has 0 spiro atoms. The molecule has 134 valence electrons. The second kappa shape index (κ2) is 9.04. The fourth-order valence-electron chi connectivity index (χ4n) is 4.36. The molecule has 0 amide bonds. The fourth-order valence-corrected chi connectivity index (χ4v) is 4.36. The first-order chi connectivity index (χ1) is 11.9. The van der Waals surface area contributed by atoms with Crippen LogP contribution in [0.5, 0.6) is 0 Å². The quantitative estimate of drug-likeness (QED) is 0.661. The molecule has 25 heavy (non-hydrogen) atoms. The van der Waals surface area contributed by atoms with E-state index in [0.717, 1.165) is 6.54 Å². The van der Waals surface area contributed by atoms with Gasteiger partial charge in [-0.25, -0.2) is 0 Å². The normalized spacial score (nSPS) is 19.9. The number of piperidine rings is 1. The molecule has 1 heterocycles. The monoisotopic (exact) mass is 448 g/mol. The molecule has 1 fully saturated rings. The third kappa shape index (κ3) is 4.56. The SMILES string of the molecule is I.c1ccc(N(CCC2CCCCN2)C2Cc3ccccc3C2)cc1. The molecule has 2 aliphatic rings. The molecule has 0 aromatic heterocycles. The molecule has 4 rings (SSSR count). The zero-order chi connectivity index (χ0) is 16.2. The summed E-state index contributed by atoms with van der Waals surface area (Å²) in [4.78, 5) is 2.66. The van der Waals surface area contributed by atoms with E-state index in [4.69, 9.17) is 0 Å². The maximum absolute atomic E-state index is 3.71. The van der Waals surface area contributed by atoms with Crippen molar-refractivity contribution in [3.63, 3.8) is 0 Å². The van der Waals surface area contributed by atoms with Crippen LogP contribution in [0.15, 0.2) is 54.6 Å². The van der Waals surface area contributed by atoms with Crippen LogP contribution < -0.4 is 10.2 Å². The van der Waals surface area contributed by atoms with E-state index in [-0.39, 0.29) is 24.0 Å². The van der Waals surface area contributed by atoms with Gasteiger partial charge >= 0.3 is 0 Å². The van der Waals surface area contributed by atoms with E-state index in [1.165, 1.54) is 50.8 Å². The highest BCUT2D eigenvalue weighted by atomic mass is 127. The van der Waals surface area contributed by atoms with E-state index < -0.39 is 0 Å². The Balaban J connectivity index is 0.00000182. The van der Waals surface area contributed by atoms with Gasteiger partial charge in [-0.05, 0) is 61.9 Å². The molecule has 0 saturated carbocycles. The summed E-state index contributed by atoms with van der Waals surface area (Å²) >= 11 is 0. The predicted octanol–water partition coefficient (Wildman–Crippen LogP) is 4.81. The first kappa shape index (κ1) is 18.7. The van der Waals surface area contributed by atoms with Crippen molar-refractivity contribution in [2.45, 2.75) is 50.6 Å². The van der Waals surface area contributed by atoms with Crippen molar-refractivity contribution in [3.8, 4) is 0 Å². The van der Waals surface area contributed by atoms with Gasteiger partial charge in [-0.1, -0.05) is 48.9 Å². The topological polar surface area (TPSA) is 15.3 Å². The van der Waals surface area contributed by atoms with Crippen molar-refractivity contribution in [3.05, 3.63) is 65.7 Å². The molecule has 0 bridgehead atoms. The highest BCUT2D eigenvalue weighted by Gasteiger charge is 2.27. The summed E-state index contributed by atoms with van der Waals surface area (Å²) in [5.74, 6) is 0. The lowest BCUT2D eigenvalue weighted by Crippen LogP contribution is -2.41. The van der Waals surface area contributed by atoms with Gasteiger partial charge in [0.1, 0.15) is 0 Å². The maximum atomic E-state index is 3.71. The molecule has 3 heteroatoms. The average molecular weight is 448 g/mol. The van der Waals surface area contributed by atoms with Crippen LogP contribution in [-0.4, -0.2) is 25.2 Å². The molecule has 1 aliphatic carbocycles. The molecule has 2 aromatic rings. The van der Waals surface area contributed by atoms with Gasteiger partial charge in [0, 0.05) is 24.3 Å². The van der Waals surface area contributed by atoms with E-state index in [9.17, 15) is 0 Å². The van der Waals surface area contributed by atoms with Crippen LogP contribution >= 0.6 is 24.0 Å². The Labute approximate surface area is 169 Å². The van der Waals surface area contributed by atoms with Crippen molar-refractivity contribution >= 4 is 29.7 Å². The van der Waals surface area contributed by atoms with Gasteiger partial charge < -0.3 is 10.2 Å². The molecular weight excluding hydrogens is 419 g/mol. The van der Waals surface area contributed by atoms with Crippen molar-refractivity contribution in [2.24, 2.45) is 0 Å². The molecule has 1 saturated heterocycles. The number of fused-ring (bicyclic) bond motifs is 1. The third-order valence-corrected chi connectivity index (χ3v) is 5.69. The van der Waals surface area contributed by atoms with Crippen molar-refractivity contribution in [1.82, 2.24) is 5.32 Å². The van der Waals surface area contributed by atoms with Crippen LogP contribution in [0.25, 0.3) is 0 Å². The molecule has 0 radical (unpaired) electrons. The standard InChI is InChI=1S/C22H28N2.HI/c1-2-11-21(12-3-1)24(15-13-20-10-6-7-14-23-20)22-16-18-8-4-5-9-19(18)17-22;/h1-5,8-9,11-12,20,22-23H,6-7,10,13-17H2;1H. The summed E-state index contributed by atoms with van der Waals surface area (Å²) < 4.78 is 0. The molecule has 1 aliphatic heterocycles. The number of para-hydroxylation sites is 1. The van der Waals surface area contributed by atoms with Crippen LogP contribution in [0.1, 0.15) is 36.8 Å². The lowest BCUT2D eigenvalue weighted by atomic mass is 10.0. The zero-order valence-corrected chi connectivity index (χ0v) is 17.2. The Kier molecular flexibility index (Phi) is 6.77. The van der Waals surface area contributed by atoms with E-state index in [1.54, 1.807) is 11.1 Å². The second-order valence-electron chi connectivity index (χ2n) is 7.30. The van der Waals surface area contributed by atoms with E-state index in [1.807, 2.05) is 0 Å². The van der Waals surface area contributed by atoms with Crippen LogP contribution in [0.3, 0.4) is 0 Å². The predicted molar refractivity (Wildman–Crippen MR) is 117 cm³/mol. The zero-order valence-electron chi connectivity index (χ0n) is 14.9. The number of nitrogens with zero attached hydrogens (tertiary/aromatic N) is 1. The van der Waals surface area contributed by atoms with Crippen molar-refractivity contribution in [1.29, 1.82) is 0 Å². The fraction of sp³-hybridized carbons (Fsp3) is 0.455. The van der Waals surface area contributed by atoms with Crippen molar-refractivity contribution < 1.29 is 0 Å². The number of hydrogen-bond acceptors (Lipinski definition) is 2. The van der Waals surface area contributed by atoms with E-state index >= 15 is 0 Å². The van der Waals surface area contributed by atoms with Gasteiger partial charge in [0.25, 0.3) is 0 Å². The number of nitrogens with one attached hydrogen (secondary N) is 1.